The van der Waals surface area contributed by atoms with Crippen LogP contribution in [0.3, 0.4) is 0 Å². The maximum atomic E-state index is 11.6. The van der Waals surface area contributed by atoms with Gasteiger partial charge in [0, 0.05) is 22.5 Å². The highest BCUT2D eigenvalue weighted by Crippen LogP contribution is 2.37. The van der Waals surface area contributed by atoms with Gasteiger partial charge in [0.15, 0.2) is 0 Å². The Kier molecular flexibility index (Phi) is 7.10. The van der Waals surface area contributed by atoms with Crippen molar-refractivity contribution in [1.29, 1.82) is 0 Å². The summed E-state index contributed by atoms with van der Waals surface area (Å²) < 4.78 is 0. The topological polar surface area (TPSA) is 92.5 Å². The van der Waals surface area contributed by atoms with Gasteiger partial charge in [0.05, 0.1) is 31.1 Å². The molecule has 0 bridgehead atoms. The van der Waals surface area contributed by atoms with Crippen molar-refractivity contribution >= 4 is 63.9 Å². The van der Waals surface area contributed by atoms with Crippen LogP contribution in [0.5, 0.6) is 0 Å². The third-order valence-corrected chi connectivity index (χ3v) is 6.06. The third-order valence-electron chi connectivity index (χ3n) is 4.03. The van der Waals surface area contributed by atoms with E-state index < -0.39 is 10.9 Å². The van der Waals surface area contributed by atoms with Crippen LogP contribution in [0.25, 0.3) is 0 Å². The normalized spacial score (nSPS) is 10.6. The molecule has 0 saturated carbocycles. The van der Waals surface area contributed by atoms with Crippen LogP contribution < -0.4 is 5.32 Å². The van der Waals surface area contributed by atoms with Gasteiger partial charge in [-0.05, 0) is 48.0 Å². The summed E-state index contributed by atoms with van der Waals surface area (Å²) in [5, 5.41) is 25.0. The predicted octanol–water partition coefficient (Wildman–Crippen LogP) is 7.02. The Bertz CT molecular complexity index is 1140. The summed E-state index contributed by atoms with van der Waals surface area (Å²) in [5.74, 6) is -1.10. The van der Waals surface area contributed by atoms with Gasteiger partial charge in [-0.25, -0.2) is 4.79 Å². The van der Waals surface area contributed by atoms with Gasteiger partial charge in [-0.2, -0.15) is 0 Å². The Balaban J connectivity index is 1.83. The highest BCUT2D eigenvalue weighted by molar-refractivity contribution is 7.99. The lowest BCUT2D eigenvalue weighted by molar-refractivity contribution is -0.387. The van der Waals surface area contributed by atoms with Crippen molar-refractivity contribution in [2.45, 2.75) is 16.3 Å². The minimum atomic E-state index is -1.10. The van der Waals surface area contributed by atoms with E-state index in [9.17, 15) is 20.0 Å². The molecule has 154 valence electrons. The molecule has 30 heavy (non-hydrogen) atoms. The van der Waals surface area contributed by atoms with E-state index in [1.165, 1.54) is 36.0 Å². The quantitative estimate of drug-likeness (QED) is 0.277. The largest absolute Gasteiger partial charge is 0.478 e. The van der Waals surface area contributed by atoms with Gasteiger partial charge in [-0.15, -0.1) is 0 Å². The van der Waals surface area contributed by atoms with Gasteiger partial charge in [-0.3, -0.25) is 10.1 Å². The number of aromatic carboxylic acids is 1. The minimum Gasteiger partial charge on any atom is -0.478 e. The molecule has 10 heteroatoms. The van der Waals surface area contributed by atoms with E-state index in [0.717, 1.165) is 0 Å². The van der Waals surface area contributed by atoms with E-state index in [4.69, 9.17) is 34.8 Å². The second-order valence-corrected chi connectivity index (χ2v) is 8.45. The number of benzene rings is 3. The average molecular weight is 484 g/mol. The fourth-order valence-electron chi connectivity index (χ4n) is 2.62. The Morgan fingerprint density at radius 2 is 1.80 bits per heavy atom. The molecule has 2 N–H and O–H groups in total. The first-order valence-electron chi connectivity index (χ1n) is 8.41. The molecule has 0 fully saturated rings. The number of hydrogen-bond acceptors (Lipinski definition) is 5. The van der Waals surface area contributed by atoms with Crippen LogP contribution in [0.2, 0.25) is 15.1 Å². The first-order chi connectivity index (χ1) is 14.2. The number of carboxylic acids is 1. The average Bonchev–Trinajstić information content (AvgIpc) is 2.69. The summed E-state index contributed by atoms with van der Waals surface area (Å²) >= 11 is 19.1. The van der Waals surface area contributed by atoms with Gasteiger partial charge in [0.25, 0.3) is 5.69 Å². The molecule has 0 unspecified atom stereocenters. The molecule has 0 aliphatic carbocycles. The smallest absolute Gasteiger partial charge is 0.337 e. The molecule has 6 nitrogen and oxygen atoms in total. The van der Waals surface area contributed by atoms with E-state index in [-0.39, 0.29) is 17.8 Å². The zero-order chi connectivity index (χ0) is 21.8. The van der Waals surface area contributed by atoms with Gasteiger partial charge >= 0.3 is 5.97 Å². The van der Waals surface area contributed by atoms with Gasteiger partial charge in [0.1, 0.15) is 0 Å². The lowest BCUT2D eigenvalue weighted by Gasteiger charge is -2.11. The van der Waals surface area contributed by atoms with Crippen molar-refractivity contribution in [2.75, 3.05) is 5.32 Å². The summed E-state index contributed by atoms with van der Waals surface area (Å²) in [4.78, 5) is 23.6. The Morgan fingerprint density at radius 1 is 1.03 bits per heavy atom. The lowest BCUT2D eigenvalue weighted by atomic mass is 10.1. The van der Waals surface area contributed by atoms with Crippen molar-refractivity contribution in [3.63, 3.8) is 0 Å². The van der Waals surface area contributed by atoms with Crippen molar-refractivity contribution in [3.05, 3.63) is 90.9 Å². The number of carboxylic acid groups (broad SMARTS) is 1. The molecule has 0 saturated heterocycles. The molecule has 0 radical (unpaired) electrons. The molecule has 0 atom stereocenters. The SMILES string of the molecule is O=C(O)c1ccc(Cl)cc1NCc1ccc(Sc2ccc(Cl)c(Cl)c2)c([N+](=O)[O-])c1. The maximum absolute atomic E-state index is 11.6. The van der Waals surface area contributed by atoms with E-state index in [1.54, 1.807) is 30.3 Å². The second kappa shape index (κ2) is 9.57. The first-order valence-corrected chi connectivity index (χ1v) is 10.4. The van der Waals surface area contributed by atoms with E-state index in [1.807, 2.05) is 0 Å². The van der Waals surface area contributed by atoms with Gasteiger partial charge in [-0.1, -0.05) is 52.6 Å². The Labute approximate surface area is 190 Å². The van der Waals surface area contributed by atoms with E-state index in [2.05, 4.69) is 5.32 Å². The van der Waals surface area contributed by atoms with Crippen molar-refractivity contribution < 1.29 is 14.8 Å². The predicted molar refractivity (Wildman–Crippen MR) is 119 cm³/mol. The molecular weight excluding hydrogens is 471 g/mol. The van der Waals surface area contributed by atoms with Crippen LogP contribution in [-0.2, 0) is 6.54 Å². The van der Waals surface area contributed by atoms with E-state index in [0.29, 0.717) is 36.1 Å². The number of nitro groups is 1. The van der Waals surface area contributed by atoms with Crippen molar-refractivity contribution in [1.82, 2.24) is 0 Å². The number of carbonyl (C=O) groups is 1. The Morgan fingerprint density at radius 3 is 2.47 bits per heavy atom. The van der Waals surface area contributed by atoms with Crippen LogP contribution in [-0.4, -0.2) is 16.0 Å². The molecule has 3 aromatic rings. The molecule has 0 spiro atoms. The number of hydrogen-bond donors (Lipinski definition) is 2. The van der Waals surface area contributed by atoms with Crippen LogP contribution >= 0.6 is 46.6 Å². The molecule has 3 rings (SSSR count). The van der Waals surface area contributed by atoms with Crippen LogP contribution in [0.1, 0.15) is 15.9 Å². The monoisotopic (exact) mass is 482 g/mol. The highest BCUT2D eigenvalue weighted by Gasteiger charge is 2.17. The molecule has 0 aliphatic rings. The lowest BCUT2D eigenvalue weighted by Crippen LogP contribution is -2.06. The standard InChI is InChI=1S/C20H13Cl3N2O4S/c21-12-2-4-14(20(26)27)17(8-12)24-10-11-1-6-19(18(7-11)25(28)29)30-13-3-5-15(22)16(23)9-13/h1-9,24H,10H2,(H,26,27). The summed E-state index contributed by atoms with van der Waals surface area (Å²) in [6.07, 6.45) is 0. The fourth-order valence-corrected chi connectivity index (χ4v) is 4.09. The van der Waals surface area contributed by atoms with Crippen LogP contribution in [0.4, 0.5) is 11.4 Å². The van der Waals surface area contributed by atoms with Crippen LogP contribution in [0, 0.1) is 10.1 Å². The number of nitrogens with one attached hydrogen (secondary N) is 1. The van der Waals surface area contributed by atoms with Gasteiger partial charge in [0.2, 0.25) is 0 Å². The molecule has 3 aromatic carbocycles. The minimum absolute atomic E-state index is 0.0562. The number of nitro benzene ring substituents is 1. The second-order valence-electron chi connectivity index (χ2n) is 6.09. The third kappa shape index (κ3) is 5.37. The van der Waals surface area contributed by atoms with Crippen molar-refractivity contribution in [3.8, 4) is 0 Å². The number of nitrogens with zero attached hydrogens (tertiary/aromatic N) is 1. The summed E-state index contributed by atoms with van der Waals surface area (Å²) in [7, 11) is 0. The van der Waals surface area contributed by atoms with Crippen LogP contribution in [0.15, 0.2) is 64.4 Å². The highest BCUT2D eigenvalue weighted by atomic mass is 35.5. The number of rotatable bonds is 7. The molecule has 0 aromatic heterocycles. The maximum Gasteiger partial charge on any atom is 0.337 e. The van der Waals surface area contributed by atoms with E-state index >= 15 is 0 Å². The zero-order valence-electron chi connectivity index (χ0n) is 15.1. The molecule has 0 heterocycles. The Hall–Kier alpha value is -2.45. The molecular formula is C20H13Cl3N2O4S. The van der Waals surface area contributed by atoms with Crippen molar-refractivity contribution in [2.24, 2.45) is 0 Å². The summed E-state index contributed by atoms with van der Waals surface area (Å²) in [6.45, 7) is 0.180. The number of anilines is 1. The number of halogens is 3. The summed E-state index contributed by atoms with van der Waals surface area (Å²) in [6, 6.07) is 14.2. The first kappa shape index (κ1) is 22.2. The molecule has 0 amide bonds. The fraction of sp³-hybridized carbons (Fsp3) is 0.0500. The van der Waals surface area contributed by atoms with Gasteiger partial charge < -0.3 is 10.4 Å². The summed E-state index contributed by atoms with van der Waals surface area (Å²) in [5.41, 5.74) is 0.916. The zero-order valence-corrected chi connectivity index (χ0v) is 18.1. The molecule has 0 aliphatic heterocycles.